The van der Waals surface area contributed by atoms with Crippen LogP contribution in [-0.2, 0) is 38.9 Å². The lowest BCUT2D eigenvalue weighted by Gasteiger charge is -2.39. The molecule has 0 fully saturated rings. The SMILES string of the molecule is CC(Cc1ccc(C(C)(C)C)c(C(C)(C)C)c1C(C)(C)C)c1cc(C(C)(C)C)cc(C(C)(C)C)c1C(C)(C)C. The zero-order valence-corrected chi connectivity index (χ0v) is 29.6. The van der Waals surface area contributed by atoms with Crippen molar-refractivity contribution in [2.75, 3.05) is 0 Å². The third-order valence-electron chi connectivity index (χ3n) is 8.25. The van der Waals surface area contributed by atoms with Crippen LogP contribution >= 0.6 is 0 Å². The Bertz CT molecular complexity index is 1160. The summed E-state index contributed by atoms with van der Waals surface area (Å²) in [6.45, 7) is 45.5. The van der Waals surface area contributed by atoms with Crippen molar-refractivity contribution in [1.29, 1.82) is 0 Å². The van der Waals surface area contributed by atoms with Gasteiger partial charge in [-0.15, -0.1) is 0 Å². The Morgan fingerprint density at radius 1 is 0.462 bits per heavy atom. The van der Waals surface area contributed by atoms with Gasteiger partial charge in [-0.1, -0.05) is 156 Å². The number of hydrogen-bond acceptors (Lipinski definition) is 0. The van der Waals surface area contributed by atoms with E-state index in [0.29, 0.717) is 5.92 Å². The fraction of sp³-hybridized carbons (Fsp3) is 0.692. The number of rotatable bonds is 3. The molecule has 0 aliphatic carbocycles. The van der Waals surface area contributed by atoms with Gasteiger partial charge in [-0.3, -0.25) is 0 Å². The molecule has 2 aromatic carbocycles. The summed E-state index contributed by atoms with van der Waals surface area (Å²) in [6, 6.07) is 10.0. The highest BCUT2D eigenvalue weighted by Gasteiger charge is 2.35. The first-order chi connectivity index (χ1) is 17.1. The Hall–Kier alpha value is -1.56. The maximum absolute atomic E-state index is 2.56. The van der Waals surface area contributed by atoms with Gasteiger partial charge in [0.1, 0.15) is 0 Å². The second kappa shape index (κ2) is 10.4. The van der Waals surface area contributed by atoms with Crippen molar-refractivity contribution in [1.82, 2.24) is 0 Å². The van der Waals surface area contributed by atoms with E-state index in [1.54, 1.807) is 16.7 Å². The van der Waals surface area contributed by atoms with Crippen molar-refractivity contribution in [3.8, 4) is 0 Å². The molecular formula is C39H64. The van der Waals surface area contributed by atoms with Crippen LogP contribution in [0.5, 0.6) is 0 Å². The monoisotopic (exact) mass is 533 g/mol. The van der Waals surface area contributed by atoms with Gasteiger partial charge in [-0.2, -0.15) is 0 Å². The van der Waals surface area contributed by atoms with Gasteiger partial charge in [0.05, 0.1) is 0 Å². The predicted octanol–water partition coefficient (Wildman–Crippen LogP) is 11.8. The molecule has 0 bridgehead atoms. The van der Waals surface area contributed by atoms with Gasteiger partial charge >= 0.3 is 0 Å². The van der Waals surface area contributed by atoms with Crippen molar-refractivity contribution in [3.05, 3.63) is 68.8 Å². The third-order valence-corrected chi connectivity index (χ3v) is 8.25. The summed E-state index contributed by atoms with van der Waals surface area (Å²) in [5.74, 6) is 0.414. The summed E-state index contributed by atoms with van der Waals surface area (Å²) in [4.78, 5) is 0. The Balaban J connectivity index is 2.96. The molecule has 0 radical (unpaired) electrons. The Labute approximate surface area is 244 Å². The van der Waals surface area contributed by atoms with Gasteiger partial charge in [-0.25, -0.2) is 0 Å². The fourth-order valence-corrected chi connectivity index (χ4v) is 6.43. The van der Waals surface area contributed by atoms with E-state index in [4.69, 9.17) is 0 Å². The first kappa shape index (κ1) is 33.6. The Morgan fingerprint density at radius 2 is 0.897 bits per heavy atom. The predicted molar refractivity (Wildman–Crippen MR) is 177 cm³/mol. The summed E-state index contributed by atoms with van der Waals surface area (Å²) in [6.07, 6.45) is 1.06. The summed E-state index contributed by atoms with van der Waals surface area (Å²) in [7, 11) is 0. The minimum atomic E-state index is 0.0651. The molecule has 0 saturated carbocycles. The van der Waals surface area contributed by atoms with Gasteiger partial charge < -0.3 is 0 Å². The highest BCUT2D eigenvalue weighted by molar-refractivity contribution is 5.53. The Morgan fingerprint density at radius 3 is 1.26 bits per heavy atom. The van der Waals surface area contributed by atoms with Crippen LogP contribution < -0.4 is 0 Å². The van der Waals surface area contributed by atoms with Crippen LogP contribution in [0.4, 0.5) is 0 Å². The molecule has 0 heterocycles. The van der Waals surface area contributed by atoms with Crippen molar-refractivity contribution in [2.45, 2.75) is 176 Å². The van der Waals surface area contributed by atoms with E-state index in [9.17, 15) is 0 Å². The molecular weight excluding hydrogens is 468 g/mol. The molecule has 2 rings (SSSR count). The van der Waals surface area contributed by atoms with Crippen LogP contribution in [0.2, 0.25) is 0 Å². The van der Waals surface area contributed by atoms with Crippen LogP contribution in [0.1, 0.15) is 182 Å². The molecule has 0 aliphatic heterocycles. The van der Waals surface area contributed by atoms with Crippen molar-refractivity contribution in [2.24, 2.45) is 0 Å². The first-order valence-electron chi connectivity index (χ1n) is 15.4. The van der Waals surface area contributed by atoms with E-state index >= 15 is 0 Å². The molecule has 0 spiro atoms. The summed E-state index contributed by atoms with van der Waals surface area (Å²) >= 11 is 0. The highest BCUT2D eigenvalue weighted by Crippen LogP contribution is 2.46. The average molecular weight is 533 g/mol. The van der Waals surface area contributed by atoms with Crippen molar-refractivity contribution in [3.63, 3.8) is 0 Å². The summed E-state index contributed by atoms with van der Waals surface area (Å²) in [5, 5.41) is 0. The molecule has 0 heteroatoms. The first-order valence-corrected chi connectivity index (χ1v) is 15.4. The minimum Gasteiger partial charge on any atom is -0.0584 e. The Kier molecular flexibility index (Phi) is 8.94. The van der Waals surface area contributed by atoms with Gasteiger partial charge in [-0.05, 0) is 89.3 Å². The maximum atomic E-state index is 2.56. The van der Waals surface area contributed by atoms with Gasteiger partial charge in [0.2, 0.25) is 0 Å². The number of hydrogen-bond donors (Lipinski definition) is 0. The van der Waals surface area contributed by atoms with Gasteiger partial charge in [0.15, 0.2) is 0 Å². The molecule has 1 unspecified atom stereocenters. The van der Waals surface area contributed by atoms with Crippen LogP contribution in [-0.4, -0.2) is 0 Å². The lowest BCUT2D eigenvalue weighted by atomic mass is 9.65. The van der Waals surface area contributed by atoms with Crippen molar-refractivity contribution < 1.29 is 0 Å². The third kappa shape index (κ3) is 7.59. The molecule has 0 aliphatic rings. The van der Waals surface area contributed by atoms with E-state index in [1.165, 1.54) is 27.8 Å². The molecule has 2 aromatic rings. The largest absolute Gasteiger partial charge is 0.0584 e. The molecule has 0 nitrogen and oxygen atoms in total. The van der Waals surface area contributed by atoms with E-state index < -0.39 is 0 Å². The smallest absolute Gasteiger partial charge is 0.0126 e. The average Bonchev–Trinajstić information content (AvgIpc) is 2.68. The van der Waals surface area contributed by atoms with E-state index in [0.717, 1.165) is 6.42 Å². The lowest BCUT2D eigenvalue weighted by Crippen LogP contribution is -2.30. The quantitative estimate of drug-likeness (QED) is 0.369. The summed E-state index contributed by atoms with van der Waals surface area (Å²) < 4.78 is 0. The van der Waals surface area contributed by atoms with Crippen LogP contribution in [0.3, 0.4) is 0 Å². The number of benzene rings is 2. The van der Waals surface area contributed by atoms with Crippen LogP contribution in [0.15, 0.2) is 24.3 Å². The highest BCUT2D eigenvalue weighted by atomic mass is 14.4. The second-order valence-corrected chi connectivity index (χ2v) is 18.6. The molecule has 39 heavy (non-hydrogen) atoms. The van der Waals surface area contributed by atoms with Crippen LogP contribution in [0.25, 0.3) is 0 Å². The van der Waals surface area contributed by atoms with Gasteiger partial charge in [0, 0.05) is 0 Å². The molecule has 1 atom stereocenters. The molecule has 0 saturated heterocycles. The normalized spacial score (nSPS) is 15.1. The summed E-state index contributed by atoms with van der Waals surface area (Å²) in [5.41, 5.74) is 12.7. The zero-order valence-electron chi connectivity index (χ0n) is 29.6. The standard InChI is InChI=1S/C39H64/c1-25(28-23-27(34(2,3)4)24-30(36(8,9)10)32(28)38(14,15)16)22-26-20-21-29(35(5,6)7)33(39(17,18)19)31(26)37(11,12)13/h20-21,23-25H,22H2,1-19H3. The molecule has 0 N–H and O–H groups in total. The minimum absolute atomic E-state index is 0.0651. The molecule has 0 amide bonds. The maximum Gasteiger partial charge on any atom is -0.0126 e. The topological polar surface area (TPSA) is 0 Å². The van der Waals surface area contributed by atoms with Crippen LogP contribution in [0, 0.1) is 0 Å². The molecule has 220 valence electrons. The lowest BCUT2D eigenvalue weighted by molar-refractivity contribution is 0.490. The van der Waals surface area contributed by atoms with Crippen molar-refractivity contribution >= 4 is 0 Å². The van der Waals surface area contributed by atoms with E-state index in [-0.39, 0.29) is 32.5 Å². The van der Waals surface area contributed by atoms with E-state index in [1.807, 2.05) is 0 Å². The zero-order chi connectivity index (χ0) is 30.7. The molecule has 0 aromatic heterocycles. The second-order valence-electron chi connectivity index (χ2n) is 18.6. The van der Waals surface area contributed by atoms with E-state index in [2.05, 4.69) is 156 Å². The fourth-order valence-electron chi connectivity index (χ4n) is 6.43. The van der Waals surface area contributed by atoms with Gasteiger partial charge in [0.25, 0.3) is 0 Å².